The molecule has 4 rings (SSSR count). The van der Waals surface area contributed by atoms with Crippen molar-refractivity contribution in [1.29, 1.82) is 0 Å². The highest BCUT2D eigenvalue weighted by Crippen LogP contribution is 2.43. The molecule has 0 spiro atoms. The summed E-state index contributed by atoms with van der Waals surface area (Å²) in [4.78, 5) is 2.44. The Morgan fingerprint density at radius 2 is 2.00 bits per heavy atom. The third kappa shape index (κ3) is 2.31. The summed E-state index contributed by atoms with van der Waals surface area (Å²) >= 11 is 0. The summed E-state index contributed by atoms with van der Waals surface area (Å²) in [6.07, 6.45) is 6.35. The lowest BCUT2D eigenvalue weighted by Gasteiger charge is -2.46. The van der Waals surface area contributed by atoms with Crippen LogP contribution in [-0.2, 0) is 6.54 Å². The topological polar surface area (TPSA) is 8.17 Å². The van der Waals surface area contributed by atoms with E-state index in [-0.39, 0.29) is 5.41 Å². The van der Waals surface area contributed by atoms with Crippen molar-refractivity contribution >= 4 is 16.6 Å². The second kappa shape index (κ2) is 5.26. The summed E-state index contributed by atoms with van der Waals surface area (Å²) in [7, 11) is 0. The van der Waals surface area contributed by atoms with Gasteiger partial charge in [0.1, 0.15) is 0 Å². The summed E-state index contributed by atoms with van der Waals surface area (Å²) in [5.74, 6) is 0. The average Bonchev–Trinajstić information content (AvgIpc) is 2.93. The summed E-state index contributed by atoms with van der Waals surface area (Å²) in [6.45, 7) is 18.3. The lowest BCUT2D eigenvalue weighted by Crippen LogP contribution is -2.47. The van der Waals surface area contributed by atoms with Gasteiger partial charge in [-0.15, -0.1) is 0 Å². The Hall–Kier alpha value is -2.48. The van der Waals surface area contributed by atoms with Crippen molar-refractivity contribution in [3.63, 3.8) is 0 Å². The molecule has 2 heteroatoms. The van der Waals surface area contributed by atoms with Crippen molar-refractivity contribution in [2.75, 3.05) is 0 Å². The zero-order chi connectivity index (χ0) is 17.9. The zero-order valence-corrected chi connectivity index (χ0v) is 15.6. The summed E-state index contributed by atoms with van der Waals surface area (Å²) in [5, 5.41) is 1.34. The molecule has 0 N–H and O–H groups in total. The van der Waals surface area contributed by atoms with E-state index in [4.69, 9.17) is 0 Å². The van der Waals surface area contributed by atoms with Gasteiger partial charge in [0.15, 0.2) is 0 Å². The number of benzene rings is 1. The van der Waals surface area contributed by atoms with Crippen molar-refractivity contribution in [3.05, 3.63) is 78.2 Å². The molecule has 2 nitrogen and oxygen atoms in total. The van der Waals surface area contributed by atoms with Crippen LogP contribution in [0.15, 0.2) is 66.9 Å². The van der Waals surface area contributed by atoms with Gasteiger partial charge in [0.05, 0.1) is 17.4 Å². The van der Waals surface area contributed by atoms with Gasteiger partial charge in [0.25, 0.3) is 0 Å². The van der Waals surface area contributed by atoms with Crippen molar-refractivity contribution in [2.45, 2.75) is 40.3 Å². The Balaban J connectivity index is 2.00. The molecule has 2 aliphatic rings. The second-order valence-corrected chi connectivity index (χ2v) is 8.28. The first-order chi connectivity index (χ1) is 11.8. The Labute approximate surface area is 150 Å². The molecule has 0 bridgehead atoms. The van der Waals surface area contributed by atoms with E-state index in [1.807, 2.05) is 6.08 Å². The Morgan fingerprint density at radius 1 is 1.24 bits per heavy atom. The first kappa shape index (κ1) is 16.0. The number of aromatic nitrogens is 1. The first-order valence-corrected chi connectivity index (χ1v) is 8.94. The molecule has 0 radical (unpaired) electrons. The highest BCUT2D eigenvalue weighted by atomic mass is 15.3. The molecule has 0 aliphatic carbocycles. The number of aryl methyl sites for hydroxylation is 1. The number of nitrogens with zero attached hydrogens (tertiary/aromatic N) is 2. The zero-order valence-electron chi connectivity index (χ0n) is 15.6. The van der Waals surface area contributed by atoms with Crippen LogP contribution in [-0.4, -0.2) is 15.5 Å². The van der Waals surface area contributed by atoms with Gasteiger partial charge in [-0.05, 0) is 47.3 Å². The van der Waals surface area contributed by atoms with Crippen LogP contribution >= 0.6 is 0 Å². The number of hydrogen-bond acceptors (Lipinski definition) is 1. The highest BCUT2D eigenvalue weighted by molar-refractivity contribution is 5.89. The molecule has 128 valence electrons. The van der Waals surface area contributed by atoms with Crippen molar-refractivity contribution in [3.8, 4) is 0 Å². The fraction of sp³-hybridized carbons (Fsp3) is 0.304. The molecule has 0 saturated carbocycles. The van der Waals surface area contributed by atoms with Gasteiger partial charge in [-0.3, -0.25) is 0 Å². The minimum absolute atomic E-state index is 0.151. The van der Waals surface area contributed by atoms with E-state index in [1.165, 1.54) is 27.9 Å². The molecule has 2 aromatic rings. The molecule has 0 saturated heterocycles. The molecule has 1 aromatic carbocycles. The van der Waals surface area contributed by atoms with E-state index >= 15 is 0 Å². The Kier molecular flexibility index (Phi) is 3.37. The molecule has 1 aromatic heterocycles. The van der Waals surface area contributed by atoms with Crippen LogP contribution < -0.4 is 0 Å². The molecule has 1 atom stereocenters. The molecule has 0 fully saturated rings. The van der Waals surface area contributed by atoms with Crippen LogP contribution in [0.5, 0.6) is 0 Å². The van der Waals surface area contributed by atoms with Crippen molar-refractivity contribution in [2.24, 2.45) is 5.41 Å². The van der Waals surface area contributed by atoms with Gasteiger partial charge >= 0.3 is 0 Å². The molecule has 3 heterocycles. The van der Waals surface area contributed by atoms with Crippen LogP contribution in [0.1, 0.15) is 32.0 Å². The number of allylic oxidation sites excluding steroid dienone is 4. The van der Waals surface area contributed by atoms with E-state index in [9.17, 15) is 0 Å². The molecule has 25 heavy (non-hydrogen) atoms. The minimum atomic E-state index is 0.151. The fourth-order valence-corrected chi connectivity index (χ4v) is 4.07. The van der Waals surface area contributed by atoms with Crippen LogP contribution in [0.4, 0.5) is 0 Å². The Bertz CT molecular complexity index is 960. The number of hydrogen-bond donors (Lipinski definition) is 0. The number of fused-ring (bicyclic) bond motifs is 5. The quantitative estimate of drug-likeness (QED) is 0.655. The average molecular weight is 330 g/mol. The first-order valence-electron chi connectivity index (χ1n) is 8.94. The van der Waals surface area contributed by atoms with E-state index in [1.54, 1.807) is 0 Å². The standard InChI is InChI=1S/C23H26N2/c1-7-17-13-25-20(11-16(17)3)21-12-18-15(2)9-8-10-19(18)24(21)14-22(25)23(4,5)6/h7-13,22H,1,3,14H2,2,4-6H3. The maximum Gasteiger partial charge on any atom is 0.0660 e. The maximum atomic E-state index is 4.24. The van der Waals surface area contributed by atoms with E-state index < -0.39 is 0 Å². The van der Waals surface area contributed by atoms with Gasteiger partial charge in [-0.2, -0.15) is 0 Å². The lowest BCUT2D eigenvalue weighted by molar-refractivity contribution is 0.164. The highest BCUT2D eigenvalue weighted by Gasteiger charge is 2.38. The van der Waals surface area contributed by atoms with E-state index in [0.29, 0.717) is 6.04 Å². The SMILES string of the molecule is C=CC1=CN2C(=CC1=C)c1cc3c(C)cccc3n1CC2C(C)(C)C. The predicted octanol–water partition coefficient (Wildman–Crippen LogP) is 5.66. The van der Waals surface area contributed by atoms with Crippen molar-refractivity contribution in [1.82, 2.24) is 9.47 Å². The van der Waals surface area contributed by atoms with Crippen LogP contribution in [0.25, 0.3) is 16.6 Å². The summed E-state index contributed by atoms with van der Waals surface area (Å²) < 4.78 is 2.49. The second-order valence-electron chi connectivity index (χ2n) is 8.28. The van der Waals surface area contributed by atoms with Gasteiger partial charge in [0.2, 0.25) is 0 Å². The van der Waals surface area contributed by atoms with E-state index in [2.05, 4.69) is 86.9 Å². The van der Waals surface area contributed by atoms with Gasteiger partial charge in [-0.1, -0.05) is 52.1 Å². The van der Waals surface area contributed by atoms with Gasteiger partial charge in [-0.25, -0.2) is 0 Å². The van der Waals surface area contributed by atoms with Crippen LogP contribution in [0.2, 0.25) is 0 Å². The number of rotatable bonds is 1. The summed E-state index contributed by atoms with van der Waals surface area (Å²) in [6, 6.07) is 9.31. The molecule has 2 aliphatic heterocycles. The third-order valence-electron chi connectivity index (χ3n) is 5.58. The van der Waals surface area contributed by atoms with Crippen LogP contribution in [0, 0.1) is 12.3 Å². The van der Waals surface area contributed by atoms with Crippen molar-refractivity contribution < 1.29 is 0 Å². The van der Waals surface area contributed by atoms with E-state index in [0.717, 1.165) is 17.7 Å². The molecule has 0 amide bonds. The lowest BCUT2D eigenvalue weighted by atomic mass is 9.83. The molecular weight excluding hydrogens is 304 g/mol. The summed E-state index contributed by atoms with van der Waals surface area (Å²) in [5.41, 5.74) is 7.48. The van der Waals surface area contributed by atoms with Crippen LogP contribution in [0.3, 0.4) is 0 Å². The molecule has 1 unspecified atom stereocenters. The predicted molar refractivity (Wildman–Crippen MR) is 107 cm³/mol. The molecular formula is C23H26N2. The normalized spacial score (nSPS) is 20.1. The monoisotopic (exact) mass is 330 g/mol. The fourth-order valence-electron chi connectivity index (χ4n) is 4.07. The largest absolute Gasteiger partial charge is 0.340 e. The Morgan fingerprint density at radius 3 is 2.68 bits per heavy atom. The minimum Gasteiger partial charge on any atom is -0.340 e. The smallest absolute Gasteiger partial charge is 0.0660 e. The van der Waals surface area contributed by atoms with Gasteiger partial charge in [0, 0.05) is 23.6 Å². The van der Waals surface area contributed by atoms with Gasteiger partial charge < -0.3 is 9.47 Å². The maximum absolute atomic E-state index is 4.24. The third-order valence-corrected chi connectivity index (χ3v) is 5.58.